The van der Waals surface area contributed by atoms with Gasteiger partial charge in [0.2, 0.25) is 0 Å². The molecule has 194 valence electrons. The summed E-state index contributed by atoms with van der Waals surface area (Å²) in [5, 5.41) is 21.1. The third-order valence-electron chi connectivity index (χ3n) is 6.01. The lowest BCUT2D eigenvalue weighted by Crippen LogP contribution is -2.31. The van der Waals surface area contributed by atoms with Crippen molar-refractivity contribution in [3.63, 3.8) is 0 Å². The maximum absolute atomic E-state index is 13.8. The van der Waals surface area contributed by atoms with Crippen LogP contribution in [0.25, 0.3) is 0 Å². The second-order valence-electron chi connectivity index (χ2n) is 8.48. The van der Waals surface area contributed by atoms with Crippen molar-refractivity contribution in [2.75, 3.05) is 19.2 Å². The van der Waals surface area contributed by atoms with Crippen LogP contribution in [0.2, 0.25) is 0 Å². The zero-order valence-corrected chi connectivity index (χ0v) is 20.3. The Morgan fingerprint density at radius 2 is 1.43 bits per heavy atom. The van der Waals surface area contributed by atoms with Crippen molar-refractivity contribution in [1.29, 1.82) is 0 Å². The number of hydrogen-bond acceptors (Lipinski definition) is 6. The van der Waals surface area contributed by atoms with Gasteiger partial charge in [0.05, 0.1) is 25.5 Å². The highest BCUT2D eigenvalue weighted by Crippen LogP contribution is 2.39. The molecular weight excluding hydrogens is 485 g/mol. The van der Waals surface area contributed by atoms with Gasteiger partial charge in [0, 0.05) is 17.8 Å². The summed E-state index contributed by atoms with van der Waals surface area (Å²) in [6.07, 6.45) is 0.520. The lowest BCUT2D eigenvalue weighted by atomic mass is 10.1. The third kappa shape index (κ3) is 5.94. The zero-order chi connectivity index (χ0) is 26.6. The van der Waals surface area contributed by atoms with Gasteiger partial charge in [0.15, 0.2) is 23.0 Å². The number of halogens is 3. The van der Waals surface area contributed by atoms with Crippen molar-refractivity contribution in [2.24, 2.45) is 0 Å². The van der Waals surface area contributed by atoms with Gasteiger partial charge in [-0.1, -0.05) is 36.4 Å². The fourth-order valence-electron chi connectivity index (χ4n) is 4.11. The molecule has 37 heavy (non-hydrogen) atoms. The average Bonchev–Trinajstić information content (AvgIpc) is 3.30. The summed E-state index contributed by atoms with van der Waals surface area (Å²) in [5.74, 6) is 0.715. The van der Waals surface area contributed by atoms with Crippen LogP contribution in [0.15, 0.2) is 84.2 Å². The van der Waals surface area contributed by atoms with E-state index in [1.54, 1.807) is 30.3 Å². The van der Waals surface area contributed by atoms with E-state index in [1.807, 2.05) is 12.2 Å². The van der Waals surface area contributed by atoms with Gasteiger partial charge < -0.3 is 19.7 Å². The van der Waals surface area contributed by atoms with E-state index >= 15 is 0 Å². The molecular formula is C28H27F3N2O4. The van der Waals surface area contributed by atoms with E-state index in [0.29, 0.717) is 36.5 Å². The Balaban J connectivity index is 1.66. The van der Waals surface area contributed by atoms with Crippen molar-refractivity contribution in [3.05, 3.63) is 101 Å². The molecule has 0 aromatic heterocycles. The molecule has 0 aliphatic carbocycles. The van der Waals surface area contributed by atoms with Gasteiger partial charge in [-0.2, -0.15) is 13.2 Å². The first kappa shape index (κ1) is 25.8. The summed E-state index contributed by atoms with van der Waals surface area (Å²) in [5.41, 5.74) is 5.48. The maximum atomic E-state index is 13.8. The number of hydrogen-bond donors (Lipinski definition) is 3. The molecule has 1 saturated heterocycles. The molecule has 1 fully saturated rings. The van der Waals surface area contributed by atoms with Crippen molar-refractivity contribution >= 4 is 5.69 Å². The van der Waals surface area contributed by atoms with Gasteiger partial charge in [-0.25, -0.2) is 0 Å². The molecule has 0 radical (unpaired) electrons. The van der Waals surface area contributed by atoms with Crippen LogP contribution in [0.1, 0.15) is 23.1 Å². The van der Waals surface area contributed by atoms with E-state index < -0.39 is 11.7 Å². The highest BCUT2D eigenvalue weighted by molar-refractivity contribution is 5.61. The van der Waals surface area contributed by atoms with Gasteiger partial charge in [-0.05, 0) is 60.4 Å². The molecule has 0 amide bonds. The average molecular weight is 513 g/mol. The van der Waals surface area contributed by atoms with E-state index in [9.17, 15) is 23.4 Å². The number of aromatic hydroxyl groups is 2. The number of anilines is 1. The number of para-hydroxylation sites is 1. The number of allylic oxidation sites excluding steroid dienone is 2. The Kier molecular flexibility index (Phi) is 7.52. The van der Waals surface area contributed by atoms with Gasteiger partial charge in [0.25, 0.3) is 0 Å². The summed E-state index contributed by atoms with van der Waals surface area (Å²) < 4.78 is 51.8. The Labute approximate surface area is 212 Å². The summed E-state index contributed by atoms with van der Waals surface area (Å²) in [7, 11) is 2.92. The first-order valence-electron chi connectivity index (χ1n) is 11.5. The number of alkyl halides is 3. The maximum Gasteiger partial charge on any atom is 0.418 e. The monoisotopic (exact) mass is 512 g/mol. The lowest BCUT2D eigenvalue weighted by Gasteiger charge is -2.24. The third-order valence-corrected chi connectivity index (χ3v) is 6.01. The number of methoxy groups -OCH3 is 2. The fourth-order valence-corrected chi connectivity index (χ4v) is 4.11. The van der Waals surface area contributed by atoms with Crippen LogP contribution in [0.3, 0.4) is 0 Å². The van der Waals surface area contributed by atoms with Crippen molar-refractivity contribution in [1.82, 2.24) is 5.43 Å². The molecule has 3 N–H and O–H groups in total. The van der Waals surface area contributed by atoms with E-state index in [0.717, 1.165) is 22.9 Å². The lowest BCUT2D eigenvalue weighted by molar-refractivity contribution is -0.137. The van der Waals surface area contributed by atoms with E-state index in [1.165, 1.54) is 43.5 Å². The molecule has 0 spiro atoms. The molecule has 3 aromatic carbocycles. The van der Waals surface area contributed by atoms with E-state index in [-0.39, 0.29) is 17.2 Å². The summed E-state index contributed by atoms with van der Waals surface area (Å²) in [4.78, 5) is 0. The first-order chi connectivity index (χ1) is 17.7. The smallest absolute Gasteiger partial charge is 0.418 e. The minimum Gasteiger partial charge on any atom is -0.504 e. The summed E-state index contributed by atoms with van der Waals surface area (Å²) >= 11 is 0. The number of nitrogens with one attached hydrogen (secondary N) is 1. The summed E-state index contributed by atoms with van der Waals surface area (Å²) in [6, 6.07) is 15.4. The highest BCUT2D eigenvalue weighted by atomic mass is 19.4. The minimum absolute atomic E-state index is 0.000704. The molecule has 0 saturated carbocycles. The molecule has 6 nitrogen and oxygen atoms in total. The Bertz CT molecular complexity index is 1340. The standard InChI is InChI=1S/C28H27F3N2O4/c1-36-26-15-18(9-13-24(26)34)7-11-20-17-21(12-8-19-10-14-25(35)27(16-19)37-2)33(32-20)23-6-4-3-5-22(23)28(29,30)31/h3-6,9-16,32,34-35H,7-8,17H2,1-2H3. The number of hydrazine groups is 1. The van der Waals surface area contributed by atoms with Crippen molar-refractivity contribution in [3.8, 4) is 23.0 Å². The molecule has 3 aromatic rings. The molecule has 9 heteroatoms. The predicted octanol–water partition coefficient (Wildman–Crippen LogP) is 6.10. The molecule has 4 rings (SSSR count). The Hall–Kier alpha value is -4.27. The quantitative estimate of drug-likeness (QED) is 0.355. The van der Waals surface area contributed by atoms with Gasteiger partial charge in [0.1, 0.15) is 0 Å². The number of benzene rings is 3. The second-order valence-corrected chi connectivity index (χ2v) is 8.48. The first-order valence-corrected chi connectivity index (χ1v) is 11.5. The SMILES string of the molecule is COc1cc(CC=C2CC(=CCc3ccc(O)c(OC)c3)N(c3ccccc3C(F)(F)F)N2)ccc1O. The normalized spacial score (nSPS) is 15.8. The number of phenolic OH excluding ortho intramolecular Hbond substituents is 2. The Morgan fingerprint density at radius 1 is 0.865 bits per heavy atom. The van der Waals surface area contributed by atoms with Crippen LogP contribution in [0.5, 0.6) is 23.0 Å². The van der Waals surface area contributed by atoms with E-state index in [2.05, 4.69) is 5.43 Å². The van der Waals surface area contributed by atoms with Crippen LogP contribution < -0.4 is 19.9 Å². The summed E-state index contributed by atoms with van der Waals surface area (Å²) in [6.45, 7) is 0. The van der Waals surface area contributed by atoms with Crippen LogP contribution in [-0.2, 0) is 19.0 Å². The molecule has 0 atom stereocenters. The fraction of sp³-hybridized carbons (Fsp3) is 0.214. The van der Waals surface area contributed by atoms with Crippen molar-refractivity contribution in [2.45, 2.75) is 25.4 Å². The van der Waals surface area contributed by atoms with Crippen LogP contribution in [-0.4, -0.2) is 24.4 Å². The number of ether oxygens (including phenoxy) is 2. The van der Waals surface area contributed by atoms with Gasteiger partial charge in [-0.3, -0.25) is 10.4 Å². The van der Waals surface area contributed by atoms with Crippen LogP contribution in [0, 0.1) is 0 Å². The van der Waals surface area contributed by atoms with Gasteiger partial charge >= 0.3 is 6.18 Å². The second kappa shape index (κ2) is 10.8. The molecule has 0 unspecified atom stereocenters. The molecule has 0 bridgehead atoms. The number of rotatable bonds is 7. The zero-order valence-electron chi connectivity index (χ0n) is 20.3. The molecule has 1 heterocycles. The topological polar surface area (TPSA) is 74.2 Å². The van der Waals surface area contributed by atoms with E-state index in [4.69, 9.17) is 9.47 Å². The Morgan fingerprint density at radius 3 is 2.00 bits per heavy atom. The molecule has 1 aliphatic rings. The highest BCUT2D eigenvalue weighted by Gasteiger charge is 2.36. The van der Waals surface area contributed by atoms with Crippen LogP contribution in [0.4, 0.5) is 18.9 Å². The van der Waals surface area contributed by atoms with Crippen molar-refractivity contribution < 1.29 is 32.9 Å². The number of nitrogens with zero attached hydrogens (tertiary/aromatic N) is 1. The molecule has 1 aliphatic heterocycles. The van der Waals surface area contributed by atoms with Crippen LogP contribution >= 0.6 is 0 Å². The van der Waals surface area contributed by atoms with Gasteiger partial charge in [-0.15, -0.1) is 0 Å². The largest absolute Gasteiger partial charge is 0.504 e. The predicted molar refractivity (Wildman–Crippen MR) is 135 cm³/mol. The number of phenols is 2. The minimum atomic E-state index is -4.53.